The van der Waals surface area contributed by atoms with Crippen molar-refractivity contribution in [3.63, 3.8) is 0 Å². The van der Waals surface area contributed by atoms with Gasteiger partial charge < -0.3 is 19.3 Å². The molecule has 4 aliphatic carbocycles. The molecular formula is C62H52N2O2. The maximum absolute atomic E-state index is 6.98. The first-order valence-corrected chi connectivity index (χ1v) is 24.5. The summed E-state index contributed by atoms with van der Waals surface area (Å²) in [5.74, 6) is 3.29. The molecule has 8 aromatic rings. The molecule has 2 saturated carbocycles. The monoisotopic (exact) mass is 856 g/mol. The summed E-state index contributed by atoms with van der Waals surface area (Å²) >= 11 is 0. The number of benzene rings is 8. The first-order chi connectivity index (χ1) is 32.8. The van der Waals surface area contributed by atoms with Crippen LogP contribution in [-0.2, 0) is 0 Å². The standard InChI is InChI=1S/C62H52N2O2/c1-3-21-41(22-4-1)63(53-29-15-27-47-43-25-11-13-31-57(43)65-61(47)53)55-37-51(39-17-7-8-18-39)45-34-36-50-56(38-52(40-19-9-10-20-40)46-33-35-49(55)59(45)60(46)50)64(42-23-5-2-6-24-42)54-30-16-28-48-44-26-12-14-32-58(44)66-62(48)54/h1-6,11-16,21-40,43,48,57,62H,7-10,17-20H2. The number of para-hydroxylation sites is 4. The van der Waals surface area contributed by atoms with Crippen LogP contribution in [0.25, 0.3) is 32.3 Å². The van der Waals surface area contributed by atoms with Crippen LogP contribution in [0.3, 0.4) is 0 Å². The van der Waals surface area contributed by atoms with Gasteiger partial charge in [-0.1, -0.05) is 147 Å². The van der Waals surface area contributed by atoms with E-state index in [4.69, 9.17) is 9.47 Å². The van der Waals surface area contributed by atoms with E-state index in [-0.39, 0.29) is 24.0 Å². The number of hydrogen-bond donors (Lipinski definition) is 0. The molecule has 2 heterocycles. The van der Waals surface area contributed by atoms with Crippen LogP contribution in [0.5, 0.6) is 11.5 Å². The molecule has 0 spiro atoms. The molecule has 322 valence electrons. The van der Waals surface area contributed by atoms with Crippen LogP contribution in [0.4, 0.5) is 28.4 Å². The predicted molar refractivity (Wildman–Crippen MR) is 272 cm³/mol. The molecule has 0 amide bonds. The number of ether oxygens (including phenoxy) is 2. The fraction of sp³-hybridized carbons (Fsp3) is 0.226. The average molecular weight is 857 g/mol. The highest BCUT2D eigenvalue weighted by molar-refractivity contribution is 6.29. The van der Waals surface area contributed by atoms with Gasteiger partial charge in [0.05, 0.1) is 22.8 Å². The zero-order chi connectivity index (χ0) is 43.3. The predicted octanol–water partition coefficient (Wildman–Crippen LogP) is 16.5. The highest BCUT2D eigenvalue weighted by Crippen LogP contribution is 2.56. The SMILES string of the molecule is C1=CC2Oc3c(cccc3N(c3ccccc3)c3cc(C4CCCC4)c4ccc5c(N(C6=CC=CC7c8ccccc8OC67)c6ccccc6)cc(C6CCCC6)c6ccc3c4c65)C2C=C1. The maximum Gasteiger partial charge on any atom is 0.149 e. The summed E-state index contributed by atoms with van der Waals surface area (Å²) in [6.45, 7) is 0. The molecule has 4 heteroatoms. The molecule has 0 bridgehead atoms. The Morgan fingerprint density at radius 2 is 0.985 bits per heavy atom. The van der Waals surface area contributed by atoms with Gasteiger partial charge >= 0.3 is 0 Å². The van der Waals surface area contributed by atoms with E-state index < -0.39 is 0 Å². The van der Waals surface area contributed by atoms with Crippen LogP contribution in [0.2, 0.25) is 0 Å². The van der Waals surface area contributed by atoms with Crippen LogP contribution in [0.15, 0.2) is 188 Å². The van der Waals surface area contributed by atoms with Crippen molar-refractivity contribution in [2.24, 2.45) is 0 Å². The minimum absolute atomic E-state index is 0.00647. The molecule has 14 rings (SSSR count). The van der Waals surface area contributed by atoms with Gasteiger partial charge in [-0.15, -0.1) is 0 Å². The van der Waals surface area contributed by atoms with E-state index in [1.54, 1.807) is 0 Å². The summed E-state index contributed by atoms with van der Waals surface area (Å²) < 4.78 is 14.0. The lowest BCUT2D eigenvalue weighted by atomic mass is 9.82. The molecular weight excluding hydrogens is 805 g/mol. The van der Waals surface area contributed by atoms with Crippen molar-refractivity contribution < 1.29 is 9.47 Å². The fourth-order valence-electron chi connectivity index (χ4n) is 13.0. The van der Waals surface area contributed by atoms with Gasteiger partial charge in [-0.25, -0.2) is 0 Å². The lowest BCUT2D eigenvalue weighted by Crippen LogP contribution is -2.32. The first-order valence-electron chi connectivity index (χ1n) is 24.5. The highest BCUT2D eigenvalue weighted by Gasteiger charge is 2.41. The molecule has 0 N–H and O–H groups in total. The van der Waals surface area contributed by atoms with Crippen molar-refractivity contribution in [2.75, 3.05) is 9.80 Å². The van der Waals surface area contributed by atoms with Crippen molar-refractivity contribution in [1.82, 2.24) is 0 Å². The zero-order valence-electron chi connectivity index (χ0n) is 37.2. The summed E-state index contributed by atoms with van der Waals surface area (Å²) in [4.78, 5) is 5.08. The van der Waals surface area contributed by atoms with E-state index in [1.165, 1.54) is 123 Å². The van der Waals surface area contributed by atoms with Crippen molar-refractivity contribution in [2.45, 2.75) is 87.2 Å². The van der Waals surface area contributed by atoms with E-state index >= 15 is 0 Å². The minimum Gasteiger partial charge on any atom is -0.483 e. The van der Waals surface area contributed by atoms with Gasteiger partial charge in [0.25, 0.3) is 0 Å². The second kappa shape index (κ2) is 15.3. The van der Waals surface area contributed by atoms with Crippen molar-refractivity contribution in [3.05, 3.63) is 210 Å². The Hall–Kier alpha value is -7.04. The number of allylic oxidation sites excluding steroid dienone is 4. The molecule has 4 unspecified atom stereocenters. The summed E-state index contributed by atoms with van der Waals surface area (Å²) in [6, 6.07) is 52.6. The van der Waals surface area contributed by atoms with Gasteiger partial charge in [-0.2, -0.15) is 0 Å². The number of nitrogens with zero attached hydrogens (tertiary/aromatic N) is 2. The Morgan fingerprint density at radius 1 is 0.424 bits per heavy atom. The molecule has 0 radical (unpaired) electrons. The largest absolute Gasteiger partial charge is 0.483 e. The van der Waals surface area contributed by atoms with Crippen molar-refractivity contribution in [3.8, 4) is 11.5 Å². The molecule has 2 aliphatic heterocycles. The topological polar surface area (TPSA) is 24.9 Å². The van der Waals surface area contributed by atoms with E-state index in [2.05, 4.69) is 192 Å². The smallest absolute Gasteiger partial charge is 0.149 e. The Labute approximate surface area is 387 Å². The van der Waals surface area contributed by atoms with Crippen LogP contribution >= 0.6 is 0 Å². The van der Waals surface area contributed by atoms with Crippen LogP contribution in [-0.4, -0.2) is 12.2 Å². The average Bonchev–Trinajstić information content (AvgIpc) is 4.23. The van der Waals surface area contributed by atoms with Gasteiger partial charge in [-0.3, -0.25) is 0 Å². The number of fused-ring (bicyclic) bond motifs is 6. The van der Waals surface area contributed by atoms with E-state index in [0.29, 0.717) is 11.8 Å². The summed E-state index contributed by atoms with van der Waals surface area (Å²) in [7, 11) is 0. The van der Waals surface area contributed by atoms with Gasteiger partial charge in [0.2, 0.25) is 0 Å². The molecule has 66 heavy (non-hydrogen) atoms. The third-order valence-corrected chi connectivity index (χ3v) is 16.0. The van der Waals surface area contributed by atoms with Gasteiger partial charge in [0.1, 0.15) is 23.7 Å². The second-order valence-electron chi connectivity index (χ2n) is 19.5. The molecule has 4 nitrogen and oxygen atoms in total. The van der Waals surface area contributed by atoms with E-state index in [9.17, 15) is 0 Å². The van der Waals surface area contributed by atoms with E-state index in [1.807, 2.05) is 0 Å². The van der Waals surface area contributed by atoms with Crippen molar-refractivity contribution >= 4 is 60.8 Å². The van der Waals surface area contributed by atoms with Gasteiger partial charge in [0, 0.05) is 45.1 Å². The lowest BCUT2D eigenvalue weighted by Gasteiger charge is -2.36. The Kier molecular flexibility index (Phi) is 8.85. The Morgan fingerprint density at radius 3 is 1.67 bits per heavy atom. The fourth-order valence-corrected chi connectivity index (χ4v) is 13.0. The quantitative estimate of drug-likeness (QED) is 0.142. The lowest BCUT2D eigenvalue weighted by molar-refractivity contribution is 0.253. The second-order valence-corrected chi connectivity index (χ2v) is 19.5. The molecule has 2 fully saturated rings. The number of rotatable bonds is 8. The maximum atomic E-state index is 6.98. The first kappa shape index (κ1) is 38.3. The molecule has 6 aliphatic rings. The molecule has 0 aromatic heterocycles. The van der Waals surface area contributed by atoms with Crippen LogP contribution < -0.4 is 19.3 Å². The molecule has 4 atom stereocenters. The van der Waals surface area contributed by atoms with Gasteiger partial charge in [-0.05, 0) is 131 Å². The number of hydrogen-bond acceptors (Lipinski definition) is 4. The van der Waals surface area contributed by atoms with Gasteiger partial charge in [0.15, 0.2) is 0 Å². The van der Waals surface area contributed by atoms with Crippen molar-refractivity contribution in [1.29, 1.82) is 0 Å². The molecule has 8 aromatic carbocycles. The third kappa shape index (κ3) is 5.83. The Balaban J connectivity index is 1.06. The van der Waals surface area contributed by atoms with E-state index in [0.717, 1.165) is 28.6 Å². The zero-order valence-corrected chi connectivity index (χ0v) is 37.2. The van der Waals surface area contributed by atoms with Crippen LogP contribution in [0, 0.1) is 0 Å². The highest BCUT2D eigenvalue weighted by atomic mass is 16.5. The summed E-state index contributed by atoms with van der Waals surface area (Å²) in [5, 5.41) is 8.12. The van der Waals surface area contributed by atoms with Crippen LogP contribution in [0.1, 0.15) is 97.3 Å². The molecule has 0 saturated heterocycles. The summed E-state index contributed by atoms with van der Waals surface area (Å²) in [5.41, 5.74) is 12.5. The number of anilines is 5. The minimum atomic E-state index is -0.147. The summed E-state index contributed by atoms with van der Waals surface area (Å²) in [6.07, 6.45) is 25.5. The third-order valence-electron chi connectivity index (χ3n) is 16.0. The Bertz CT molecular complexity index is 3320. The normalized spacial score (nSPS) is 21.8.